The number of carbonyl (C=O) groups excluding carboxylic acids is 1. The van der Waals surface area contributed by atoms with Gasteiger partial charge in [0, 0.05) is 6.54 Å². The summed E-state index contributed by atoms with van der Waals surface area (Å²) in [7, 11) is -2.85. The van der Waals surface area contributed by atoms with E-state index in [1.165, 1.54) is 0 Å². The Morgan fingerprint density at radius 3 is 2.64 bits per heavy atom. The Kier molecular flexibility index (Phi) is 5.45. The van der Waals surface area contributed by atoms with Gasteiger partial charge in [0.1, 0.15) is 15.6 Å². The van der Waals surface area contributed by atoms with Crippen LogP contribution in [-0.2, 0) is 14.6 Å². The zero-order chi connectivity index (χ0) is 16.2. The number of carbonyl (C=O) groups is 1. The molecule has 1 saturated heterocycles. The van der Waals surface area contributed by atoms with Crippen molar-refractivity contribution in [2.45, 2.75) is 26.7 Å². The highest BCUT2D eigenvalue weighted by atomic mass is 32.2. The summed E-state index contributed by atoms with van der Waals surface area (Å²) < 4.78 is 28.2. The van der Waals surface area contributed by atoms with Crippen molar-refractivity contribution in [2.24, 2.45) is 5.92 Å². The minimum atomic E-state index is -2.85. The molecule has 6 heteroatoms. The third kappa shape index (κ3) is 4.73. The van der Waals surface area contributed by atoms with Crippen LogP contribution in [0.2, 0.25) is 0 Å². The minimum absolute atomic E-state index is 0.0185. The Labute approximate surface area is 132 Å². The Morgan fingerprint density at radius 2 is 1.95 bits per heavy atom. The van der Waals surface area contributed by atoms with Gasteiger partial charge in [-0.25, -0.2) is 8.42 Å². The van der Waals surface area contributed by atoms with Gasteiger partial charge in [0.15, 0.2) is 6.61 Å². The van der Waals surface area contributed by atoms with Gasteiger partial charge in [0.25, 0.3) is 5.91 Å². The summed E-state index contributed by atoms with van der Waals surface area (Å²) in [6, 6.07) is 5.75. The largest absolute Gasteiger partial charge is 0.483 e. The maximum atomic E-state index is 11.8. The third-order valence-corrected chi connectivity index (χ3v) is 5.89. The highest BCUT2D eigenvalue weighted by molar-refractivity contribution is 7.91. The van der Waals surface area contributed by atoms with Crippen LogP contribution in [0.4, 0.5) is 0 Å². The van der Waals surface area contributed by atoms with Crippen molar-refractivity contribution in [2.75, 3.05) is 24.7 Å². The molecule has 2 rings (SSSR count). The van der Waals surface area contributed by atoms with Crippen molar-refractivity contribution in [1.29, 1.82) is 0 Å². The first kappa shape index (κ1) is 16.8. The Balaban J connectivity index is 1.73. The fourth-order valence-corrected chi connectivity index (χ4v) is 4.07. The zero-order valence-corrected chi connectivity index (χ0v) is 13.9. The lowest BCUT2D eigenvalue weighted by atomic mass is 10.0. The maximum Gasteiger partial charge on any atom is 0.257 e. The van der Waals surface area contributed by atoms with Gasteiger partial charge >= 0.3 is 0 Å². The van der Waals surface area contributed by atoms with Gasteiger partial charge in [-0.1, -0.05) is 12.1 Å². The fraction of sp³-hybridized carbons (Fsp3) is 0.562. The molecule has 1 heterocycles. The van der Waals surface area contributed by atoms with Crippen LogP contribution in [0, 0.1) is 19.8 Å². The topological polar surface area (TPSA) is 72.5 Å². The van der Waals surface area contributed by atoms with Crippen LogP contribution in [0.25, 0.3) is 0 Å². The van der Waals surface area contributed by atoms with Crippen LogP contribution in [0.5, 0.6) is 5.75 Å². The van der Waals surface area contributed by atoms with E-state index >= 15 is 0 Å². The highest BCUT2D eigenvalue weighted by Gasteiger charge is 2.23. The molecule has 1 aliphatic rings. The second-order valence-corrected chi connectivity index (χ2v) is 8.19. The van der Waals surface area contributed by atoms with Crippen molar-refractivity contribution in [1.82, 2.24) is 5.32 Å². The van der Waals surface area contributed by atoms with Gasteiger partial charge in [-0.3, -0.25) is 4.79 Å². The Morgan fingerprint density at radius 1 is 1.27 bits per heavy atom. The molecule has 1 N–H and O–H groups in total. The summed E-state index contributed by atoms with van der Waals surface area (Å²) in [4.78, 5) is 11.8. The second kappa shape index (κ2) is 7.13. The second-order valence-electron chi connectivity index (χ2n) is 5.89. The average molecular weight is 325 g/mol. The fourth-order valence-electron chi connectivity index (χ4n) is 2.48. The van der Waals surface area contributed by atoms with Crippen LogP contribution in [-0.4, -0.2) is 39.0 Å². The molecule has 0 atom stereocenters. The van der Waals surface area contributed by atoms with E-state index in [1.54, 1.807) is 0 Å². The molecule has 1 fully saturated rings. The molecular formula is C16H23NO4S. The number of nitrogens with one attached hydrogen (secondary N) is 1. The van der Waals surface area contributed by atoms with E-state index in [0.717, 1.165) is 16.9 Å². The lowest BCUT2D eigenvalue weighted by molar-refractivity contribution is -0.123. The molecule has 1 aliphatic heterocycles. The average Bonchev–Trinajstić information content (AvgIpc) is 2.47. The van der Waals surface area contributed by atoms with E-state index in [-0.39, 0.29) is 29.9 Å². The number of hydrogen-bond acceptors (Lipinski definition) is 4. The van der Waals surface area contributed by atoms with Gasteiger partial charge in [0.05, 0.1) is 11.5 Å². The number of ether oxygens (including phenoxy) is 1. The molecule has 0 saturated carbocycles. The molecule has 0 aromatic heterocycles. The number of aryl methyl sites for hydroxylation is 1. The van der Waals surface area contributed by atoms with E-state index in [4.69, 9.17) is 4.74 Å². The first-order valence-electron chi connectivity index (χ1n) is 7.53. The van der Waals surface area contributed by atoms with Gasteiger partial charge in [0.2, 0.25) is 0 Å². The van der Waals surface area contributed by atoms with Gasteiger partial charge in [-0.2, -0.15) is 0 Å². The summed E-state index contributed by atoms with van der Waals surface area (Å²) in [5.74, 6) is 1.25. The van der Waals surface area contributed by atoms with Crippen molar-refractivity contribution in [3.8, 4) is 5.75 Å². The Hall–Kier alpha value is -1.56. The van der Waals surface area contributed by atoms with Crippen LogP contribution in [0.1, 0.15) is 24.0 Å². The summed E-state index contributed by atoms with van der Waals surface area (Å²) >= 11 is 0. The van der Waals surface area contributed by atoms with Gasteiger partial charge < -0.3 is 10.1 Å². The van der Waals surface area contributed by atoms with E-state index in [9.17, 15) is 13.2 Å². The maximum absolute atomic E-state index is 11.8. The molecular weight excluding hydrogens is 302 g/mol. The first-order valence-corrected chi connectivity index (χ1v) is 9.35. The Bertz CT molecular complexity index is 626. The van der Waals surface area contributed by atoms with Crippen molar-refractivity contribution in [3.63, 3.8) is 0 Å². The predicted molar refractivity (Wildman–Crippen MR) is 85.8 cm³/mol. The third-order valence-electron chi connectivity index (χ3n) is 4.18. The SMILES string of the molecule is Cc1cccc(OCC(=O)NCC2CCS(=O)(=O)CC2)c1C. The lowest BCUT2D eigenvalue weighted by Crippen LogP contribution is -2.36. The van der Waals surface area contributed by atoms with Gasteiger partial charge in [-0.15, -0.1) is 0 Å². The molecule has 0 aliphatic carbocycles. The van der Waals surface area contributed by atoms with Crippen LogP contribution in [0.15, 0.2) is 18.2 Å². The summed E-state index contributed by atoms with van der Waals surface area (Å²) in [6.07, 6.45) is 1.25. The monoisotopic (exact) mass is 325 g/mol. The van der Waals surface area contributed by atoms with Crippen LogP contribution < -0.4 is 10.1 Å². The molecule has 122 valence electrons. The lowest BCUT2D eigenvalue weighted by Gasteiger charge is -2.22. The first-order chi connectivity index (χ1) is 10.4. The molecule has 0 spiro atoms. The quantitative estimate of drug-likeness (QED) is 0.893. The minimum Gasteiger partial charge on any atom is -0.483 e. The molecule has 1 aromatic carbocycles. The summed E-state index contributed by atoms with van der Waals surface area (Å²) in [6.45, 7) is 4.46. The van der Waals surface area contributed by atoms with E-state index < -0.39 is 9.84 Å². The molecule has 1 amide bonds. The predicted octanol–water partition coefficient (Wildman–Crippen LogP) is 1.62. The smallest absolute Gasteiger partial charge is 0.257 e. The van der Waals surface area contributed by atoms with E-state index in [1.807, 2.05) is 32.0 Å². The van der Waals surface area contributed by atoms with Crippen LogP contribution in [0.3, 0.4) is 0 Å². The number of hydrogen-bond donors (Lipinski definition) is 1. The molecule has 1 aromatic rings. The van der Waals surface area contributed by atoms with E-state index in [2.05, 4.69) is 5.32 Å². The number of rotatable bonds is 5. The van der Waals surface area contributed by atoms with Crippen molar-refractivity contribution >= 4 is 15.7 Å². The molecule has 5 nitrogen and oxygen atoms in total. The molecule has 0 bridgehead atoms. The van der Waals surface area contributed by atoms with E-state index in [0.29, 0.717) is 19.4 Å². The highest BCUT2D eigenvalue weighted by Crippen LogP contribution is 2.20. The van der Waals surface area contributed by atoms with Crippen molar-refractivity contribution in [3.05, 3.63) is 29.3 Å². The number of amides is 1. The zero-order valence-electron chi connectivity index (χ0n) is 13.1. The van der Waals surface area contributed by atoms with Crippen molar-refractivity contribution < 1.29 is 17.9 Å². The summed E-state index contributed by atoms with van der Waals surface area (Å²) in [5.41, 5.74) is 2.16. The normalized spacial score (nSPS) is 17.9. The number of benzene rings is 1. The summed E-state index contributed by atoms with van der Waals surface area (Å²) in [5, 5.41) is 2.83. The number of sulfone groups is 1. The molecule has 22 heavy (non-hydrogen) atoms. The van der Waals surface area contributed by atoms with Gasteiger partial charge in [-0.05, 0) is 49.8 Å². The molecule has 0 radical (unpaired) electrons. The standard InChI is InChI=1S/C16H23NO4S/c1-12-4-3-5-15(13(12)2)21-11-16(18)17-10-14-6-8-22(19,20)9-7-14/h3-5,14H,6-11H2,1-2H3,(H,17,18). The van der Waals surface area contributed by atoms with Crippen LogP contribution >= 0.6 is 0 Å². The molecule has 0 unspecified atom stereocenters.